The highest BCUT2D eigenvalue weighted by atomic mass is 32.2. The van der Waals surface area contributed by atoms with Gasteiger partial charge < -0.3 is 5.11 Å². The van der Waals surface area contributed by atoms with Gasteiger partial charge >= 0.3 is 5.97 Å². The molecule has 102 valence electrons. The summed E-state index contributed by atoms with van der Waals surface area (Å²) in [5.74, 6) is -1.72. The van der Waals surface area contributed by atoms with Gasteiger partial charge in [0.15, 0.2) is 5.78 Å². The van der Waals surface area contributed by atoms with Crippen LogP contribution in [0.2, 0.25) is 0 Å². The molecule has 2 atom stereocenters. The van der Waals surface area contributed by atoms with Gasteiger partial charge in [-0.25, -0.2) is 0 Å². The molecule has 0 aliphatic heterocycles. The molecule has 2 rings (SSSR count). The quantitative estimate of drug-likeness (QED) is 0.676. The van der Waals surface area contributed by atoms with Crippen molar-refractivity contribution in [1.82, 2.24) is 0 Å². The van der Waals surface area contributed by atoms with Gasteiger partial charge in [-0.1, -0.05) is 25.0 Å². The van der Waals surface area contributed by atoms with Crippen LogP contribution in [0.4, 0.5) is 0 Å². The first kappa shape index (κ1) is 14.1. The van der Waals surface area contributed by atoms with Gasteiger partial charge in [-0.3, -0.25) is 9.59 Å². The van der Waals surface area contributed by atoms with E-state index in [1.54, 1.807) is 11.8 Å². The number of carbonyl (C=O) groups excluding carboxylic acids is 1. The lowest BCUT2D eigenvalue weighted by molar-refractivity contribution is -0.144. The molecule has 1 aliphatic rings. The van der Waals surface area contributed by atoms with Crippen molar-refractivity contribution in [3.63, 3.8) is 0 Å². The summed E-state index contributed by atoms with van der Waals surface area (Å²) in [4.78, 5) is 24.8. The Bertz CT molecular complexity index is 467. The van der Waals surface area contributed by atoms with Crippen molar-refractivity contribution in [2.24, 2.45) is 11.8 Å². The van der Waals surface area contributed by atoms with E-state index in [-0.39, 0.29) is 11.7 Å². The summed E-state index contributed by atoms with van der Waals surface area (Å²) in [5, 5.41) is 9.23. The molecule has 0 saturated heterocycles. The van der Waals surface area contributed by atoms with Crippen molar-refractivity contribution in [2.45, 2.75) is 30.6 Å². The fourth-order valence-electron chi connectivity index (χ4n) is 2.71. The van der Waals surface area contributed by atoms with Gasteiger partial charge in [-0.2, -0.15) is 0 Å². The number of carbonyl (C=O) groups is 2. The molecular weight excluding hydrogens is 260 g/mol. The third kappa shape index (κ3) is 3.18. The van der Waals surface area contributed by atoms with E-state index in [2.05, 4.69) is 0 Å². The van der Waals surface area contributed by atoms with Crippen LogP contribution in [-0.2, 0) is 4.79 Å². The normalized spacial score (nSPS) is 23.0. The Morgan fingerprint density at radius 3 is 2.21 bits per heavy atom. The minimum Gasteiger partial charge on any atom is -0.481 e. The van der Waals surface area contributed by atoms with E-state index in [0.29, 0.717) is 18.4 Å². The van der Waals surface area contributed by atoms with Crippen molar-refractivity contribution in [1.29, 1.82) is 0 Å². The van der Waals surface area contributed by atoms with E-state index in [4.69, 9.17) is 0 Å². The van der Waals surface area contributed by atoms with E-state index in [0.717, 1.165) is 17.7 Å². The summed E-state index contributed by atoms with van der Waals surface area (Å²) in [6, 6.07) is 7.44. The highest BCUT2D eigenvalue weighted by Gasteiger charge is 2.35. The Kier molecular flexibility index (Phi) is 4.64. The van der Waals surface area contributed by atoms with Crippen LogP contribution in [-0.4, -0.2) is 23.1 Å². The number of carboxylic acids is 1. The standard InChI is InChI=1S/C15H18O3S/c1-19-11-8-6-10(7-9-11)14(16)12-4-2-3-5-13(12)15(17)18/h6-9,12-13H,2-5H2,1H3,(H,17,18)/t12-,13+/m1/s1. The van der Waals surface area contributed by atoms with Crippen molar-refractivity contribution < 1.29 is 14.7 Å². The Morgan fingerprint density at radius 2 is 1.68 bits per heavy atom. The average molecular weight is 278 g/mol. The van der Waals surface area contributed by atoms with Crippen molar-refractivity contribution >= 4 is 23.5 Å². The first-order chi connectivity index (χ1) is 9.13. The number of thioether (sulfide) groups is 1. The van der Waals surface area contributed by atoms with Gasteiger partial charge in [-0.15, -0.1) is 11.8 Å². The van der Waals surface area contributed by atoms with Crippen molar-refractivity contribution in [2.75, 3.05) is 6.26 Å². The maximum atomic E-state index is 12.4. The number of hydrogen-bond donors (Lipinski definition) is 1. The monoisotopic (exact) mass is 278 g/mol. The van der Waals surface area contributed by atoms with Crippen LogP contribution in [0, 0.1) is 11.8 Å². The molecule has 0 radical (unpaired) electrons. The highest BCUT2D eigenvalue weighted by Crippen LogP contribution is 2.33. The smallest absolute Gasteiger partial charge is 0.307 e. The molecule has 3 nitrogen and oxygen atoms in total. The maximum Gasteiger partial charge on any atom is 0.307 e. The van der Waals surface area contributed by atoms with Crippen LogP contribution < -0.4 is 0 Å². The summed E-state index contributed by atoms with van der Waals surface area (Å²) in [6.07, 6.45) is 5.16. The fraction of sp³-hybridized carbons (Fsp3) is 0.467. The minimum absolute atomic E-state index is 0.0141. The van der Waals surface area contributed by atoms with Crippen LogP contribution in [0.1, 0.15) is 36.0 Å². The second kappa shape index (κ2) is 6.24. The molecule has 19 heavy (non-hydrogen) atoms. The zero-order valence-electron chi connectivity index (χ0n) is 11.0. The molecule has 1 aliphatic carbocycles. The summed E-state index contributed by atoms with van der Waals surface area (Å²) < 4.78 is 0. The zero-order chi connectivity index (χ0) is 13.8. The maximum absolute atomic E-state index is 12.4. The minimum atomic E-state index is -0.834. The van der Waals surface area contributed by atoms with Crippen LogP contribution in [0.5, 0.6) is 0 Å². The largest absolute Gasteiger partial charge is 0.481 e. The summed E-state index contributed by atoms with van der Waals surface area (Å²) in [6.45, 7) is 0. The van der Waals surface area contributed by atoms with Gasteiger partial charge in [-0.05, 0) is 31.2 Å². The number of ketones is 1. The third-order valence-electron chi connectivity index (χ3n) is 3.79. The predicted molar refractivity (Wildman–Crippen MR) is 75.6 cm³/mol. The van der Waals surface area contributed by atoms with Crippen LogP contribution in [0.3, 0.4) is 0 Å². The van der Waals surface area contributed by atoms with Gasteiger partial charge in [0, 0.05) is 16.4 Å². The van der Waals surface area contributed by atoms with Gasteiger partial charge in [0.1, 0.15) is 0 Å². The first-order valence-corrected chi connectivity index (χ1v) is 7.77. The molecule has 1 saturated carbocycles. The molecule has 0 unspecified atom stereocenters. The van der Waals surface area contributed by atoms with Gasteiger partial charge in [0.25, 0.3) is 0 Å². The molecule has 1 fully saturated rings. The average Bonchev–Trinajstić information content (AvgIpc) is 2.46. The Hall–Kier alpha value is -1.29. The molecule has 0 spiro atoms. The lowest BCUT2D eigenvalue weighted by Crippen LogP contribution is -2.32. The molecular formula is C15H18O3S. The summed E-state index contributed by atoms with van der Waals surface area (Å²) in [7, 11) is 0. The number of Topliss-reactive ketones (excluding diaryl/α,β-unsaturated/α-hetero) is 1. The molecule has 1 aromatic carbocycles. The predicted octanol–water partition coefficient (Wildman–Crippen LogP) is 3.48. The lowest BCUT2D eigenvalue weighted by Gasteiger charge is -2.27. The van der Waals surface area contributed by atoms with Crippen LogP contribution in [0.25, 0.3) is 0 Å². The Morgan fingerprint density at radius 1 is 1.11 bits per heavy atom. The molecule has 4 heteroatoms. The lowest BCUT2D eigenvalue weighted by atomic mass is 9.75. The molecule has 0 heterocycles. The molecule has 1 aromatic rings. The SMILES string of the molecule is CSc1ccc(C(=O)[C@@H]2CCCC[C@@H]2C(=O)O)cc1. The van der Waals surface area contributed by atoms with E-state index >= 15 is 0 Å². The first-order valence-electron chi connectivity index (χ1n) is 6.54. The number of aliphatic carboxylic acids is 1. The molecule has 1 N–H and O–H groups in total. The fourth-order valence-corrected chi connectivity index (χ4v) is 3.12. The third-order valence-corrected chi connectivity index (χ3v) is 4.54. The van der Waals surface area contributed by atoms with Gasteiger partial charge in [0.05, 0.1) is 5.92 Å². The summed E-state index contributed by atoms with van der Waals surface area (Å²) >= 11 is 1.62. The number of rotatable bonds is 4. The zero-order valence-corrected chi connectivity index (χ0v) is 11.8. The van der Waals surface area contributed by atoms with Crippen molar-refractivity contribution in [3.05, 3.63) is 29.8 Å². The molecule has 0 amide bonds. The van der Waals surface area contributed by atoms with Crippen LogP contribution >= 0.6 is 11.8 Å². The summed E-state index contributed by atoms with van der Waals surface area (Å²) in [5.41, 5.74) is 0.635. The van der Waals surface area contributed by atoms with E-state index in [1.165, 1.54) is 0 Å². The molecule has 0 bridgehead atoms. The van der Waals surface area contributed by atoms with E-state index in [9.17, 15) is 14.7 Å². The Balaban J connectivity index is 2.18. The Labute approximate surface area is 117 Å². The number of hydrogen-bond acceptors (Lipinski definition) is 3. The van der Waals surface area contributed by atoms with Crippen molar-refractivity contribution in [3.8, 4) is 0 Å². The number of carboxylic acid groups (broad SMARTS) is 1. The van der Waals surface area contributed by atoms with Crippen LogP contribution in [0.15, 0.2) is 29.2 Å². The topological polar surface area (TPSA) is 54.4 Å². The molecule has 0 aromatic heterocycles. The number of benzene rings is 1. The second-order valence-corrected chi connectivity index (χ2v) is 5.81. The van der Waals surface area contributed by atoms with E-state index < -0.39 is 11.9 Å². The second-order valence-electron chi connectivity index (χ2n) is 4.93. The van der Waals surface area contributed by atoms with Gasteiger partial charge in [0.2, 0.25) is 0 Å². The van der Waals surface area contributed by atoms with E-state index in [1.807, 2.05) is 30.5 Å². The highest BCUT2D eigenvalue weighted by molar-refractivity contribution is 7.98.